The molecule has 0 saturated carbocycles. The minimum Gasteiger partial charge on any atom is -0.598 e. The van der Waals surface area contributed by atoms with Crippen LogP contribution in [0.1, 0.15) is 53.5 Å². The first-order valence-corrected chi connectivity index (χ1v) is 11.6. The highest BCUT2D eigenvalue weighted by molar-refractivity contribution is 7.90. The van der Waals surface area contributed by atoms with E-state index in [1.54, 1.807) is 6.20 Å². The van der Waals surface area contributed by atoms with Crippen molar-refractivity contribution in [2.24, 2.45) is 0 Å². The Labute approximate surface area is 138 Å². The standard InChI is InChI=1S/C15H30N2O3SSi/c1-14(2,3)21(18)17-12(13-16-9-10-19-13)11-20-22(7,8)15(4,5)6/h9-10,12,17H,11H2,1-8H3. The van der Waals surface area contributed by atoms with E-state index in [2.05, 4.69) is 43.6 Å². The smallest absolute Gasteiger partial charge is 0.217 e. The zero-order chi connectivity index (χ0) is 17.2. The van der Waals surface area contributed by atoms with Crippen molar-refractivity contribution in [2.75, 3.05) is 6.61 Å². The van der Waals surface area contributed by atoms with Crippen molar-refractivity contribution in [3.8, 4) is 0 Å². The van der Waals surface area contributed by atoms with Crippen molar-refractivity contribution >= 4 is 19.7 Å². The first-order valence-electron chi connectivity index (χ1n) is 7.56. The van der Waals surface area contributed by atoms with E-state index in [0.717, 1.165) is 0 Å². The fourth-order valence-corrected chi connectivity index (χ4v) is 3.17. The van der Waals surface area contributed by atoms with E-state index in [-0.39, 0.29) is 15.8 Å². The quantitative estimate of drug-likeness (QED) is 0.627. The lowest BCUT2D eigenvalue weighted by Gasteiger charge is -2.37. The predicted molar refractivity (Wildman–Crippen MR) is 93.4 cm³/mol. The van der Waals surface area contributed by atoms with Crippen LogP contribution in [-0.2, 0) is 15.8 Å². The van der Waals surface area contributed by atoms with Gasteiger partial charge >= 0.3 is 0 Å². The molecule has 1 N–H and O–H groups in total. The minimum absolute atomic E-state index is 0.122. The van der Waals surface area contributed by atoms with Crippen molar-refractivity contribution in [1.29, 1.82) is 0 Å². The molecule has 1 heterocycles. The summed E-state index contributed by atoms with van der Waals surface area (Å²) in [6.07, 6.45) is 3.12. The second kappa shape index (κ2) is 7.05. The molecule has 0 spiro atoms. The summed E-state index contributed by atoms with van der Waals surface area (Å²) in [5.41, 5.74) is 0. The van der Waals surface area contributed by atoms with Crippen LogP contribution < -0.4 is 4.72 Å². The SMILES string of the molecule is CC(C)(C)[S+]([O-])NC(CO[Si](C)(C)C(C)(C)C)c1ncco1. The number of oxazole rings is 1. The number of aromatic nitrogens is 1. The number of nitrogens with zero attached hydrogens (tertiary/aromatic N) is 1. The predicted octanol–water partition coefficient (Wildman–Crippen LogP) is 3.79. The minimum atomic E-state index is -1.89. The van der Waals surface area contributed by atoms with E-state index in [4.69, 9.17) is 8.84 Å². The van der Waals surface area contributed by atoms with Gasteiger partial charge < -0.3 is 13.4 Å². The zero-order valence-corrected chi connectivity index (χ0v) is 16.8. The molecule has 2 atom stereocenters. The molecule has 128 valence electrons. The average molecular weight is 347 g/mol. The van der Waals surface area contributed by atoms with Gasteiger partial charge in [0.1, 0.15) is 11.0 Å². The Balaban J connectivity index is 2.81. The Hall–Kier alpha value is -0.343. The van der Waals surface area contributed by atoms with Crippen LogP contribution in [0, 0.1) is 0 Å². The van der Waals surface area contributed by atoms with Gasteiger partial charge in [-0.05, 0) is 38.9 Å². The van der Waals surface area contributed by atoms with Gasteiger partial charge in [-0.3, -0.25) is 0 Å². The fourth-order valence-electron chi connectivity index (χ4n) is 1.38. The molecule has 1 rings (SSSR count). The largest absolute Gasteiger partial charge is 0.598 e. The van der Waals surface area contributed by atoms with Crippen molar-refractivity contribution in [1.82, 2.24) is 9.71 Å². The van der Waals surface area contributed by atoms with Crippen LogP contribution >= 0.6 is 0 Å². The van der Waals surface area contributed by atoms with Gasteiger partial charge in [0.2, 0.25) is 5.89 Å². The summed E-state index contributed by atoms with van der Waals surface area (Å²) in [5.74, 6) is 0.510. The van der Waals surface area contributed by atoms with Crippen LogP contribution in [0.5, 0.6) is 0 Å². The molecular weight excluding hydrogens is 316 g/mol. The molecule has 0 aromatic carbocycles. The average Bonchev–Trinajstić information content (AvgIpc) is 2.85. The normalized spacial score (nSPS) is 16.6. The third-order valence-electron chi connectivity index (χ3n) is 3.97. The van der Waals surface area contributed by atoms with E-state index in [1.807, 2.05) is 20.8 Å². The van der Waals surface area contributed by atoms with Crippen LogP contribution in [0.3, 0.4) is 0 Å². The number of rotatable bonds is 6. The molecule has 0 saturated heterocycles. The van der Waals surface area contributed by atoms with Gasteiger partial charge in [-0.25, -0.2) is 4.98 Å². The first kappa shape index (κ1) is 19.7. The van der Waals surface area contributed by atoms with E-state index in [0.29, 0.717) is 12.5 Å². The first-order chi connectivity index (χ1) is 9.84. The Kier molecular flexibility index (Phi) is 6.31. The highest BCUT2D eigenvalue weighted by Gasteiger charge is 2.39. The molecule has 0 aliphatic heterocycles. The van der Waals surface area contributed by atoms with Crippen LogP contribution in [0.15, 0.2) is 16.9 Å². The molecule has 22 heavy (non-hydrogen) atoms. The van der Waals surface area contributed by atoms with Gasteiger partial charge in [0.05, 0.1) is 12.8 Å². The van der Waals surface area contributed by atoms with Gasteiger partial charge in [-0.1, -0.05) is 20.8 Å². The summed E-state index contributed by atoms with van der Waals surface area (Å²) >= 11 is -1.22. The van der Waals surface area contributed by atoms with Gasteiger partial charge in [-0.15, -0.1) is 4.72 Å². The highest BCUT2D eigenvalue weighted by Crippen LogP contribution is 2.37. The summed E-state index contributed by atoms with van der Waals surface area (Å²) in [4.78, 5) is 4.19. The number of hydrogen-bond donors (Lipinski definition) is 1. The van der Waals surface area contributed by atoms with Crippen molar-refractivity contribution < 1.29 is 13.4 Å². The maximum absolute atomic E-state index is 12.4. The fraction of sp³-hybridized carbons (Fsp3) is 0.800. The molecule has 0 bridgehead atoms. The Morgan fingerprint density at radius 2 is 1.91 bits per heavy atom. The van der Waals surface area contributed by atoms with E-state index >= 15 is 0 Å². The highest BCUT2D eigenvalue weighted by atomic mass is 32.2. The summed E-state index contributed by atoms with van der Waals surface area (Å²) in [7, 11) is -1.89. The maximum atomic E-state index is 12.4. The molecule has 0 aliphatic rings. The molecule has 0 radical (unpaired) electrons. The molecular formula is C15H30N2O3SSi. The zero-order valence-electron chi connectivity index (χ0n) is 15.0. The molecule has 1 aromatic rings. The monoisotopic (exact) mass is 346 g/mol. The lowest BCUT2D eigenvalue weighted by atomic mass is 10.2. The summed E-state index contributed by atoms with van der Waals surface area (Å²) in [6.45, 7) is 17.2. The van der Waals surface area contributed by atoms with Crippen LogP contribution in [-0.4, -0.2) is 29.2 Å². The van der Waals surface area contributed by atoms with Crippen LogP contribution in [0.2, 0.25) is 18.1 Å². The molecule has 0 amide bonds. The van der Waals surface area contributed by atoms with E-state index in [9.17, 15) is 4.55 Å². The lowest BCUT2D eigenvalue weighted by molar-refractivity contribution is 0.237. The van der Waals surface area contributed by atoms with Gasteiger partial charge in [0.15, 0.2) is 14.4 Å². The van der Waals surface area contributed by atoms with Crippen LogP contribution in [0.25, 0.3) is 0 Å². The summed E-state index contributed by atoms with van der Waals surface area (Å²) in [5, 5.41) is 0.122. The van der Waals surface area contributed by atoms with E-state index < -0.39 is 19.7 Å². The molecule has 2 unspecified atom stereocenters. The van der Waals surface area contributed by atoms with Gasteiger partial charge in [-0.2, -0.15) is 0 Å². The second-order valence-electron chi connectivity index (χ2n) is 7.99. The van der Waals surface area contributed by atoms with Crippen LogP contribution in [0.4, 0.5) is 0 Å². The van der Waals surface area contributed by atoms with Crippen molar-refractivity contribution in [2.45, 2.75) is 70.5 Å². The Bertz CT molecular complexity index is 452. The van der Waals surface area contributed by atoms with Gasteiger partial charge in [0, 0.05) is 11.4 Å². The molecule has 0 aliphatic carbocycles. The third-order valence-corrected chi connectivity index (χ3v) is 10.1. The lowest BCUT2D eigenvalue weighted by Crippen LogP contribution is -2.46. The van der Waals surface area contributed by atoms with Crippen molar-refractivity contribution in [3.05, 3.63) is 18.4 Å². The summed E-state index contributed by atoms with van der Waals surface area (Å²) in [6, 6.07) is -0.316. The molecule has 5 nitrogen and oxygen atoms in total. The van der Waals surface area contributed by atoms with E-state index in [1.165, 1.54) is 6.26 Å². The molecule has 0 fully saturated rings. The number of hydrogen-bond acceptors (Lipinski definition) is 5. The third kappa shape index (κ3) is 5.38. The molecule has 1 aromatic heterocycles. The van der Waals surface area contributed by atoms with Gasteiger partial charge in [0.25, 0.3) is 0 Å². The second-order valence-corrected chi connectivity index (χ2v) is 14.8. The Morgan fingerprint density at radius 3 is 2.32 bits per heavy atom. The molecule has 7 heteroatoms. The maximum Gasteiger partial charge on any atom is 0.217 e. The summed E-state index contributed by atoms with van der Waals surface area (Å²) < 4.78 is 26.7. The Morgan fingerprint density at radius 1 is 1.32 bits per heavy atom. The van der Waals surface area contributed by atoms with Crippen molar-refractivity contribution in [3.63, 3.8) is 0 Å². The topological polar surface area (TPSA) is 70.3 Å². The number of nitrogens with one attached hydrogen (secondary N) is 1.